The number of ether oxygens (including phenoxy) is 1. The zero-order valence-corrected chi connectivity index (χ0v) is 22.1. The van der Waals surface area contributed by atoms with Gasteiger partial charge < -0.3 is 10.1 Å². The van der Waals surface area contributed by atoms with Crippen LogP contribution in [0.2, 0.25) is 0 Å². The number of anilines is 2. The number of pyridine rings is 1. The standard InChI is InChI=1S/C31H28F2N6O/c1-2-40-19-14-24(32)23(25(33)15-19)17-39-28-9-4-3-6-21(28)29(38-39)31-36-26-8-5-7-20(26)30(37-31)35-27-12-13-34-16-22(27)18-10-11-18/h3-4,6,9,12-16,18H,2,5,7-8,10-11,17H2,1H3,(H,34,35,36,37). The van der Waals surface area contributed by atoms with Gasteiger partial charge in [-0.3, -0.25) is 9.67 Å². The van der Waals surface area contributed by atoms with Gasteiger partial charge in [0.05, 0.1) is 18.7 Å². The molecular formula is C31H28F2N6O. The molecule has 3 heterocycles. The van der Waals surface area contributed by atoms with Gasteiger partial charge in [0.1, 0.15) is 28.9 Å². The van der Waals surface area contributed by atoms with Gasteiger partial charge in [-0.25, -0.2) is 18.7 Å². The second-order valence-electron chi connectivity index (χ2n) is 10.4. The monoisotopic (exact) mass is 538 g/mol. The number of hydrogen-bond donors (Lipinski definition) is 1. The molecule has 5 aromatic rings. The topological polar surface area (TPSA) is 77.8 Å². The molecule has 0 spiro atoms. The van der Waals surface area contributed by atoms with Crippen molar-refractivity contribution in [3.63, 3.8) is 0 Å². The molecule has 2 aliphatic rings. The van der Waals surface area contributed by atoms with Crippen LogP contribution < -0.4 is 10.1 Å². The lowest BCUT2D eigenvalue weighted by Gasteiger charge is -2.14. The molecule has 2 aliphatic carbocycles. The molecule has 7 rings (SSSR count). The minimum atomic E-state index is -0.673. The number of benzene rings is 2. The minimum absolute atomic E-state index is 0.0780. The van der Waals surface area contributed by atoms with Crippen molar-refractivity contribution in [2.75, 3.05) is 11.9 Å². The first-order valence-corrected chi connectivity index (χ1v) is 13.8. The lowest BCUT2D eigenvalue weighted by molar-refractivity contribution is 0.335. The highest BCUT2D eigenvalue weighted by atomic mass is 19.1. The average Bonchev–Trinajstić information content (AvgIpc) is 3.57. The van der Waals surface area contributed by atoms with Crippen LogP contribution in [0.25, 0.3) is 22.4 Å². The van der Waals surface area contributed by atoms with E-state index in [-0.39, 0.29) is 17.9 Å². The van der Waals surface area contributed by atoms with Crippen LogP contribution in [-0.2, 0) is 19.4 Å². The van der Waals surface area contributed by atoms with E-state index in [1.54, 1.807) is 17.8 Å². The first-order valence-electron chi connectivity index (χ1n) is 13.8. The first-order chi connectivity index (χ1) is 19.6. The summed E-state index contributed by atoms with van der Waals surface area (Å²) in [6.07, 6.45) is 8.87. The summed E-state index contributed by atoms with van der Waals surface area (Å²) in [7, 11) is 0. The molecule has 0 saturated heterocycles. The van der Waals surface area contributed by atoms with Gasteiger partial charge in [0.15, 0.2) is 5.82 Å². The minimum Gasteiger partial charge on any atom is -0.494 e. The number of fused-ring (bicyclic) bond motifs is 2. The first kappa shape index (κ1) is 24.6. The van der Waals surface area contributed by atoms with E-state index >= 15 is 0 Å². The molecule has 1 fully saturated rings. The number of rotatable bonds is 8. The molecule has 0 aliphatic heterocycles. The molecule has 3 aromatic heterocycles. The summed E-state index contributed by atoms with van der Waals surface area (Å²) >= 11 is 0. The summed E-state index contributed by atoms with van der Waals surface area (Å²) in [6.45, 7) is 2.01. The van der Waals surface area contributed by atoms with Crippen molar-refractivity contribution in [2.45, 2.75) is 51.5 Å². The molecule has 0 radical (unpaired) electrons. The van der Waals surface area contributed by atoms with Gasteiger partial charge >= 0.3 is 0 Å². The highest BCUT2D eigenvalue weighted by Crippen LogP contribution is 2.44. The van der Waals surface area contributed by atoms with Crippen molar-refractivity contribution in [1.82, 2.24) is 24.7 Å². The van der Waals surface area contributed by atoms with Crippen LogP contribution in [0.5, 0.6) is 5.75 Å². The third-order valence-corrected chi connectivity index (χ3v) is 7.66. The number of para-hydroxylation sites is 1. The maximum Gasteiger partial charge on any atom is 0.182 e. The molecule has 0 unspecified atom stereocenters. The fraction of sp³-hybridized carbons (Fsp3) is 0.290. The summed E-state index contributed by atoms with van der Waals surface area (Å²) in [5.41, 5.74) is 5.62. The third kappa shape index (κ3) is 4.45. The van der Waals surface area contributed by atoms with Crippen molar-refractivity contribution in [1.29, 1.82) is 0 Å². The Morgan fingerprint density at radius 2 is 1.88 bits per heavy atom. The van der Waals surface area contributed by atoms with E-state index < -0.39 is 11.6 Å². The number of aryl methyl sites for hydroxylation is 1. The Bertz CT molecular complexity index is 1720. The predicted octanol–water partition coefficient (Wildman–Crippen LogP) is 6.72. The van der Waals surface area contributed by atoms with Crippen molar-refractivity contribution in [2.24, 2.45) is 0 Å². The van der Waals surface area contributed by atoms with Crippen molar-refractivity contribution >= 4 is 22.4 Å². The van der Waals surface area contributed by atoms with Gasteiger partial charge in [-0.05, 0) is 62.6 Å². The second-order valence-corrected chi connectivity index (χ2v) is 10.4. The third-order valence-electron chi connectivity index (χ3n) is 7.66. The van der Waals surface area contributed by atoms with Crippen molar-refractivity contribution in [3.8, 4) is 17.3 Å². The van der Waals surface area contributed by atoms with Crippen LogP contribution in [-0.4, -0.2) is 31.3 Å². The average molecular weight is 539 g/mol. The maximum atomic E-state index is 15.0. The van der Waals surface area contributed by atoms with Crippen molar-refractivity contribution in [3.05, 3.63) is 88.9 Å². The second kappa shape index (κ2) is 9.97. The van der Waals surface area contributed by atoms with Gasteiger partial charge in [0, 0.05) is 52.4 Å². The molecule has 9 heteroatoms. The van der Waals surface area contributed by atoms with Gasteiger partial charge in [0.2, 0.25) is 0 Å². The maximum absolute atomic E-state index is 15.0. The molecule has 0 bridgehead atoms. The molecule has 202 valence electrons. The smallest absolute Gasteiger partial charge is 0.182 e. The Balaban J connectivity index is 1.30. The fourth-order valence-corrected chi connectivity index (χ4v) is 5.55. The predicted molar refractivity (Wildman–Crippen MR) is 149 cm³/mol. The lowest BCUT2D eigenvalue weighted by Crippen LogP contribution is -2.08. The van der Waals surface area contributed by atoms with Crippen molar-refractivity contribution < 1.29 is 13.5 Å². The quantitative estimate of drug-likeness (QED) is 0.236. The molecule has 2 aromatic carbocycles. The van der Waals surface area contributed by atoms with E-state index in [0.717, 1.165) is 52.9 Å². The Labute approximate surface area is 230 Å². The highest BCUT2D eigenvalue weighted by Gasteiger charge is 2.28. The number of nitrogens with one attached hydrogen (secondary N) is 1. The van der Waals surface area contributed by atoms with Crippen LogP contribution in [0.4, 0.5) is 20.3 Å². The van der Waals surface area contributed by atoms with E-state index in [4.69, 9.17) is 19.8 Å². The van der Waals surface area contributed by atoms with Crippen LogP contribution >= 0.6 is 0 Å². The number of nitrogens with zero attached hydrogens (tertiary/aromatic N) is 5. The molecule has 7 nitrogen and oxygen atoms in total. The zero-order valence-electron chi connectivity index (χ0n) is 22.1. The molecule has 40 heavy (non-hydrogen) atoms. The molecular weight excluding hydrogens is 510 g/mol. The summed E-state index contributed by atoms with van der Waals surface area (Å²) in [4.78, 5) is 14.3. The highest BCUT2D eigenvalue weighted by molar-refractivity contribution is 5.92. The Morgan fingerprint density at radius 1 is 1.05 bits per heavy atom. The number of halogens is 2. The molecule has 1 N–H and O–H groups in total. The summed E-state index contributed by atoms with van der Waals surface area (Å²) in [5.74, 6) is 0.634. The number of hydrogen-bond acceptors (Lipinski definition) is 6. The fourth-order valence-electron chi connectivity index (χ4n) is 5.55. The Morgan fingerprint density at radius 3 is 2.67 bits per heavy atom. The normalized spacial score (nSPS) is 14.5. The van der Waals surface area contributed by atoms with E-state index in [0.29, 0.717) is 24.0 Å². The Kier molecular flexibility index (Phi) is 6.14. The van der Waals surface area contributed by atoms with Crippen LogP contribution in [0, 0.1) is 11.6 Å². The molecule has 1 saturated carbocycles. The van der Waals surface area contributed by atoms with E-state index in [2.05, 4.69) is 10.3 Å². The van der Waals surface area contributed by atoms with Gasteiger partial charge in [-0.1, -0.05) is 18.2 Å². The van der Waals surface area contributed by atoms with Crippen LogP contribution in [0.3, 0.4) is 0 Å². The van der Waals surface area contributed by atoms with Crippen LogP contribution in [0.1, 0.15) is 54.5 Å². The SMILES string of the molecule is CCOc1cc(F)c(Cn2nc(-c3nc4c(c(Nc5ccncc5C5CC5)n3)CCC4)c3ccccc32)c(F)c1. The zero-order chi connectivity index (χ0) is 27.2. The Hall–Kier alpha value is -4.40. The largest absolute Gasteiger partial charge is 0.494 e. The summed E-state index contributed by atoms with van der Waals surface area (Å²) in [5, 5.41) is 9.23. The summed E-state index contributed by atoms with van der Waals surface area (Å²) < 4.78 is 36.8. The van der Waals surface area contributed by atoms with Gasteiger partial charge in [0.25, 0.3) is 0 Å². The van der Waals surface area contributed by atoms with E-state index in [1.807, 2.05) is 36.5 Å². The van der Waals surface area contributed by atoms with Crippen LogP contribution in [0.15, 0.2) is 54.9 Å². The van der Waals surface area contributed by atoms with Gasteiger partial charge in [-0.2, -0.15) is 5.10 Å². The molecule has 0 amide bonds. The molecule has 0 atom stereocenters. The van der Waals surface area contributed by atoms with E-state index in [9.17, 15) is 8.78 Å². The lowest BCUT2D eigenvalue weighted by atomic mass is 10.1. The van der Waals surface area contributed by atoms with Gasteiger partial charge in [-0.15, -0.1) is 0 Å². The van der Waals surface area contributed by atoms with E-state index in [1.165, 1.54) is 30.5 Å². The number of aromatic nitrogens is 5. The summed E-state index contributed by atoms with van der Waals surface area (Å²) in [6, 6.07) is 12.1.